The van der Waals surface area contributed by atoms with Gasteiger partial charge < -0.3 is 5.11 Å². The first-order chi connectivity index (χ1) is 8.61. The fourth-order valence-corrected chi connectivity index (χ4v) is 2.88. The fraction of sp³-hybridized carbons (Fsp3) is 0.643. The lowest BCUT2D eigenvalue weighted by Gasteiger charge is -2.07. The van der Waals surface area contributed by atoms with Gasteiger partial charge in [-0.05, 0) is 25.7 Å². The van der Waals surface area contributed by atoms with Crippen LogP contribution in [0.15, 0.2) is 11.6 Å². The molecule has 18 heavy (non-hydrogen) atoms. The summed E-state index contributed by atoms with van der Waals surface area (Å²) in [5, 5.41) is 15.0. The number of aliphatic hydroxyl groups is 1. The third-order valence-corrected chi connectivity index (χ3v) is 4.01. The molecule has 0 amide bonds. The lowest BCUT2D eigenvalue weighted by molar-refractivity contribution is 0.211. The van der Waals surface area contributed by atoms with Gasteiger partial charge in [0.15, 0.2) is 0 Å². The first-order valence-electron chi connectivity index (χ1n) is 6.69. The van der Waals surface area contributed by atoms with Crippen LogP contribution in [0.1, 0.15) is 44.0 Å². The van der Waals surface area contributed by atoms with Crippen molar-refractivity contribution in [1.29, 1.82) is 0 Å². The number of aliphatic hydroxyl groups excluding tert-OH is 1. The summed E-state index contributed by atoms with van der Waals surface area (Å²) in [5.41, 5.74) is 3.31. The van der Waals surface area contributed by atoms with Gasteiger partial charge in [0.1, 0.15) is 0 Å². The Morgan fingerprint density at radius 2 is 2.28 bits per heavy atom. The molecule has 0 saturated heterocycles. The Kier molecular flexibility index (Phi) is 4.46. The molecule has 100 valence electrons. The predicted octanol–water partition coefficient (Wildman–Crippen LogP) is 3.04. The van der Waals surface area contributed by atoms with Gasteiger partial charge in [0, 0.05) is 13.5 Å². The van der Waals surface area contributed by atoms with E-state index in [-0.39, 0.29) is 6.10 Å². The molecular formula is C14H21ClN2O. The van der Waals surface area contributed by atoms with E-state index < -0.39 is 0 Å². The van der Waals surface area contributed by atoms with Gasteiger partial charge in [-0.25, -0.2) is 0 Å². The molecule has 0 spiro atoms. The number of aryl methyl sites for hydroxylation is 2. The zero-order chi connectivity index (χ0) is 13.1. The van der Waals surface area contributed by atoms with Gasteiger partial charge in [0.25, 0.3) is 0 Å². The molecule has 4 heteroatoms. The molecule has 0 bridgehead atoms. The van der Waals surface area contributed by atoms with Crippen molar-refractivity contribution in [3.63, 3.8) is 0 Å². The first-order valence-corrected chi connectivity index (χ1v) is 7.07. The molecular weight excluding hydrogens is 248 g/mol. The Morgan fingerprint density at radius 1 is 1.50 bits per heavy atom. The van der Waals surface area contributed by atoms with Crippen LogP contribution in [-0.4, -0.2) is 21.0 Å². The molecule has 1 aromatic rings. The maximum Gasteiger partial charge on any atom is 0.0853 e. The van der Waals surface area contributed by atoms with Crippen LogP contribution in [0.3, 0.4) is 0 Å². The molecule has 1 aromatic heterocycles. The van der Waals surface area contributed by atoms with Crippen LogP contribution >= 0.6 is 11.6 Å². The van der Waals surface area contributed by atoms with E-state index in [1.165, 1.54) is 5.57 Å². The zero-order valence-corrected chi connectivity index (χ0v) is 11.9. The zero-order valence-electron chi connectivity index (χ0n) is 11.1. The lowest BCUT2D eigenvalue weighted by Crippen LogP contribution is -2.04. The van der Waals surface area contributed by atoms with Crippen molar-refractivity contribution >= 4 is 11.6 Å². The van der Waals surface area contributed by atoms with Crippen LogP contribution in [0.2, 0.25) is 5.02 Å². The van der Waals surface area contributed by atoms with Gasteiger partial charge in [0.2, 0.25) is 0 Å². The van der Waals surface area contributed by atoms with Crippen LogP contribution in [0.25, 0.3) is 0 Å². The van der Waals surface area contributed by atoms with Crippen LogP contribution in [0.4, 0.5) is 0 Å². The standard InChI is InChI=1S/C14H21ClN2O/c1-3-12-14(15)13(17(2)16-12)9-10-6-4-5-7-11(18)8-10/h8,11,18H,3-7,9H2,1-2H3. The number of nitrogens with zero attached hydrogens (tertiary/aromatic N) is 2. The van der Waals surface area contributed by atoms with Crippen LogP contribution < -0.4 is 0 Å². The third kappa shape index (κ3) is 2.96. The van der Waals surface area contributed by atoms with Crippen LogP contribution in [0, 0.1) is 0 Å². The highest BCUT2D eigenvalue weighted by atomic mass is 35.5. The average Bonchev–Trinajstić information content (AvgIpc) is 2.53. The van der Waals surface area contributed by atoms with E-state index in [0.29, 0.717) is 0 Å². The summed E-state index contributed by atoms with van der Waals surface area (Å²) in [6.45, 7) is 2.06. The normalized spacial score (nSPS) is 20.7. The van der Waals surface area contributed by atoms with Gasteiger partial charge in [-0.3, -0.25) is 4.68 Å². The third-order valence-electron chi connectivity index (χ3n) is 3.57. The second-order valence-electron chi connectivity index (χ2n) is 5.00. The summed E-state index contributed by atoms with van der Waals surface area (Å²) < 4.78 is 1.87. The molecule has 0 aliphatic heterocycles. The van der Waals surface area contributed by atoms with E-state index in [0.717, 1.165) is 54.9 Å². The van der Waals surface area contributed by atoms with Crippen molar-refractivity contribution in [2.45, 2.75) is 51.6 Å². The largest absolute Gasteiger partial charge is 0.389 e. The fourth-order valence-electron chi connectivity index (χ4n) is 2.52. The van der Waals surface area contributed by atoms with Gasteiger partial charge in [-0.15, -0.1) is 0 Å². The molecule has 3 nitrogen and oxygen atoms in total. The van der Waals surface area contributed by atoms with Crippen molar-refractivity contribution in [3.05, 3.63) is 28.1 Å². The Bertz CT molecular complexity index is 451. The van der Waals surface area contributed by atoms with Gasteiger partial charge >= 0.3 is 0 Å². The van der Waals surface area contributed by atoms with Crippen molar-refractivity contribution in [2.24, 2.45) is 7.05 Å². The number of rotatable bonds is 3. The topological polar surface area (TPSA) is 38.0 Å². The first kappa shape index (κ1) is 13.6. The number of aromatic nitrogens is 2. The van der Waals surface area contributed by atoms with Crippen molar-refractivity contribution in [1.82, 2.24) is 9.78 Å². The van der Waals surface area contributed by atoms with E-state index in [4.69, 9.17) is 11.6 Å². The van der Waals surface area contributed by atoms with Crippen molar-refractivity contribution in [3.8, 4) is 0 Å². The summed E-state index contributed by atoms with van der Waals surface area (Å²) in [6.07, 6.45) is 7.55. The number of hydrogen-bond donors (Lipinski definition) is 1. The van der Waals surface area contributed by atoms with Crippen LogP contribution in [0.5, 0.6) is 0 Å². The molecule has 0 aromatic carbocycles. The Labute approximate surface area is 113 Å². The van der Waals surface area contributed by atoms with Gasteiger partial charge in [-0.1, -0.05) is 36.6 Å². The quantitative estimate of drug-likeness (QED) is 0.856. The monoisotopic (exact) mass is 268 g/mol. The van der Waals surface area contributed by atoms with E-state index >= 15 is 0 Å². The second-order valence-corrected chi connectivity index (χ2v) is 5.38. The smallest absolute Gasteiger partial charge is 0.0853 e. The van der Waals surface area contributed by atoms with E-state index in [1.807, 2.05) is 17.8 Å². The SMILES string of the molecule is CCc1nn(C)c(CC2=CC(O)CCCC2)c1Cl. The highest BCUT2D eigenvalue weighted by Crippen LogP contribution is 2.26. The molecule has 1 heterocycles. The summed E-state index contributed by atoms with van der Waals surface area (Å²) in [7, 11) is 1.94. The van der Waals surface area contributed by atoms with Crippen molar-refractivity contribution in [2.75, 3.05) is 0 Å². The number of allylic oxidation sites excluding steroid dienone is 1. The highest BCUT2D eigenvalue weighted by molar-refractivity contribution is 6.31. The Balaban J connectivity index is 2.20. The maximum atomic E-state index is 9.80. The molecule has 2 rings (SSSR count). The molecule has 1 N–H and O–H groups in total. The highest BCUT2D eigenvalue weighted by Gasteiger charge is 2.16. The molecule has 1 unspecified atom stereocenters. The maximum absolute atomic E-state index is 9.80. The molecule has 1 aliphatic carbocycles. The minimum absolute atomic E-state index is 0.292. The Hall–Kier alpha value is -0.800. The summed E-state index contributed by atoms with van der Waals surface area (Å²) in [5.74, 6) is 0. The molecule has 1 aliphatic rings. The molecule has 0 fully saturated rings. The van der Waals surface area contributed by atoms with Gasteiger partial charge in [0.05, 0.1) is 22.5 Å². The number of hydrogen-bond acceptors (Lipinski definition) is 2. The average molecular weight is 269 g/mol. The molecule has 0 saturated carbocycles. The minimum atomic E-state index is -0.292. The van der Waals surface area contributed by atoms with E-state index in [9.17, 15) is 5.11 Å². The van der Waals surface area contributed by atoms with E-state index in [2.05, 4.69) is 12.0 Å². The van der Waals surface area contributed by atoms with Gasteiger partial charge in [-0.2, -0.15) is 5.10 Å². The molecule has 1 atom stereocenters. The minimum Gasteiger partial charge on any atom is -0.389 e. The summed E-state index contributed by atoms with van der Waals surface area (Å²) in [4.78, 5) is 0. The van der Waals surface area contributed by atoms with Crippen LogP contribution in [-0.2, 0) is 19.9 Å². The second kappa shape index (κ2) is 5.89. The summed E-state index contributed by atoms with van der Waals surface area (Å²) in [6, 6.07) is 0. The summed E-state index contributed by atoms with van der Waals surface area (Å²) >= 11 is 6.35. The Morgan fingerprint density at radius 3 is 2.94 bits per heavy atom. The lowest BCUT2D eigenvalue weighted by atomic mass is 10.0. The van der Waals surface area contributed by atoms with E-state index in [1.54, 1.807) is 0 Å². The number of halogens is 1. The molecule has 0 radical (unpaired) electrons. The van der Waals surface area contributed by atoms with Crippen molar-refractivity contribution < 1.29 is 5.11 Å². The predicted molar refractivity (Wildman–Crippen MR) is 73.9 cm³/mol.